The van der Waals surface area contributed by atoms with Gasteiger partial charge in [-0.15, -0.1) is 0 Å². The average Bonchev–Trinajstić information content (AvgIpc) is 2.61. The molecule has 0 aliphatic carbocycles. The van der Waals surface area contributed by atoms with Gasteiger partial charge >= 0.3 is 0 Å². The zero-order valence-corrected chi connectivity index (χ0v) is 14.5. The van der Waals surface area contributed by atoms with Crippen molar-refractivity contribution in [3.05, 3.63) is 53.1 Å². The van der Waals surface area contributed by atoms with E-state index in [0.29, 0.717) is 30.2 Å². The zero-order chi connectivity index (χ0) is 17.5. The van der Waals surface area contributed by atoms with Gasteiger partial charge in [0.1, 0.15) is 17.2 Å². The smallest absolute Gasteiger partial charge is 0.224 e. The summed E-state index contributed by atoms with van der Waals surface area (Å²) in [6, 6.07) is 11.4. The second-order valence-electron chi connectivity index (χ2n) is 5.39. The highest BCUT2D eigenvalue weighted by Crippen LogP contribution is 2.33. The minimum absolute atomic E-state index is 0.0516. The summed E-state index contributed by atoms with van der Waals surface area (Å²) in [7, 11) is 4.73. The molecule has 0 heterocycles. The number of hydrogen-bond acceptors (Lipinski definition) is 4. The quantitative estimate of drug-likeness (QED) is 0.848. The van der Waals surface area contributed by atoms with Gasteiger partial charge in [-0.05, 0) is 18.1 Å². The lowest BCUT2D eigenvalue weighted by Gasteiger charge is -2.15. The van der Waals surface area contributed by atoms with E-state index >= 15 is 0 Å². The van der Waals surface area contributed by atoms with Crippen molar-refractivity contribution >= 4 is 5.91 Å². The zero-order valence-electron chi connectivity index (χ0n) is 14.5. The van der Waals surface area contributed by atoms with Crippen LogP contribution in [0.15, 0.2) is 36.4 Å². The van der Waals surface area contributed by atoms with Gasteiger partial charge in [-0.25, -0.2) is 0 Å². The molecular weight excluding hydrogens is 306 g/mol. The number of carbonyl (C=O) groups is 1. The summed E-state index contributed by atoms with van der Waals surface area (Å²) < 4.78 is 16.0. The average molecular weight is 329 g/mol. The normalized spacial score (nSPS) is 10.2. The molecule has 0 unspecified atom stereocenters. The number of carbonyl (C=O) groups excluding carboxylic acids is 1. The molecule has 128 valence electrons. The Morgan fingerprint density at radius 1 is 1.00 bits per heavy atom. The third-order valence-corrected chi connectivity index (χ3v) is 3.89. The molecule has 0 atom stereocenters. The number of ether oxygens (including phenoxy) is 3. The first-order chi connectivity index (χ1) is 11.6. The Hall–Kier alpha value is -2.69. The van der Waals surface area contributed by atoms with Crippen molar-refractivity contribution in [2.45, 2.75) is 19.9 Å². The van der Waals surface area contributed by atoms with Crippen LogP contribution >= 0.6 is 0 Å². The SMILES string of the molecule is COc1cc(OC)c(CNC(=O)Cc2ccccc2C)c(OC)c1. The molecule has 1 amide bonds. The fourth-order valence-electron chi connectivity index (χ4n) is 2.48. The molecule has 0 radical (unpaired) electrons. The second-order valence-corrected chi connectivity index (χ2v) is 5.39. The summed E-state index contributed by atoms with van der Waals surface area (Å²) in [5, 5.41) is 2.92. The maximum atomic E-state index is 12.2. The summed E-state index contributed by atoms with van der Waals surface area (Å²) in [6.07, 6.45) is 0.341. The molecule has 0 fully saturated rings. The van der Waals surface area contributed by atoms with Crippen LogP contribution in [0.25, 0.3) is 0 Å². The molecule has 5 nitrogen and oxygen atoms in total. The molecule has 2 aromatic carbocycles. The van der Waals surface area contributed by atoms with Gasteiger partial charge in [0, 0.05) is 12.1 Å². The summed E-state index contributed by atoms with van der Waals surface area (Å²) in [5.74, 6) is 1.81. The van der Waals surface area contributed by atoms with Crippen molar-refractivity contribution in [3.63, 3.8) is 0 Å². The molecule has 0 saturated heterocycles. The molecule has 0 aliphatic rings. The molecular formula is C19H23NO4. The summed E-state index contributed by atoms with van der Waals surface area (Å²) >= 11 is 0. The lowest BCUT2D eigenvalue weighted by Crippen LogP contribution is -2.25. The van der Waals surface area contributed by atoms with E-state index in [1.165, 1.54) is 0 Å². The Kier molecular flexibility index (Phi) is 6.07. The van der Waals surface area contributed by atoms with Crippen LogP contribution in [0, 0.1) is 6.92 Å². The van der Waals surface area contributed by atoms with E-state index in [9.17, 15) is 4.79 Å². The number of methoxy groups -OCH3 is 3. The van der Waals surface area contributed by atoms with E-state index in [0.717, 1.165) is 16.7 Å². The van der Waals surface area contributed by atoms with Crippen molar-refractivity contribution in [2.24, 2.45) is 0 Å². The number of rotatable bonds is 7. The monoisotopic (exact) mass is 329 g/mol. The molecule has 2 rings (SSSR count). The van der Waals surface area contributed by atoms with Crippen molar-refractivity contribution in [2.75, 3.05) is 21.3 Å². The van der Waals surface area contributed by atoms with E-state index in [-0.39, 0.29) is 5.91 Å². The van der Waals surface area contributed by atoms with Crippen LogP contribution in [0.5, 0.6) is 17.2 Å². The first-order valence-corrected chi connectivity index (χ1v) is 7.69. The van der Waals surface area contributed by atoms with Crippen LogP contribution in [-0.4, -0.2) is 27.2 Å². The number of aryl methyl sites for hydroxylation is 1. The van der Waals surface area contributed by atoms with Crippen molar-refractivity contribution in [1.82, 2.24) is 5.32 Å². The van der Waals surface area contributed by atoms with Gasteiger partial charge in [0.2, 0.25) is 5.91 Å². The van der Waals surface area contributed by atoms with Crippen LogP contribution in [-0.2, 0) is 17.8 Å². The first kappa shape index (κ1) is 17.7. The van der Waals surface area contributed by atoms with Crippen LogP contribution < -0.4 is 19.5 Å². The molecule has 0 saturated carbocycles. The van der Waals surface area contributed by atoms with Gasteiger partial charge in [-0.1, -0.05) is 24.3 Å². The van der Waals surface area contributed by atoms with Gasteiger partial charge in [0.15, 0.2) is 0 Å². The fraction of sp³-hybridized carbons (Fsp3) is 0.316. The molecule has 0 aromatic heterocycles. The van der Waals surface area contributed by atoms with Crippen LogP contribution in [0.4, 0.5) is 0 Å². The van der Waals surface area contributed by atoms with Gasteiger partial charge in [0.05, 0.1) is 39.9 Å². The molecule has 0 bridgehead atoms. The lowest BCUT2D eigenvalue weighted by atomic mass is 10.1. The topological polar surface area (TPSA) is 56.8 Å². The van der Waals surface area contributed by atoms with E-state index in [1.54, 1.807) is 33.5 Å². The molecule has 5 heteroatoms. The maximum absolute atomic E-state index is 12.2. The Bertz CT molecular complexity index is 687. The Morgan fingerprint density at radius 2 is 1.62 bits per heavy atom. The Balaban J connectivity index is 2.11. The van der Waals surface area contributed by atoms with Crippen molar-refractivity contribution in [3.8, 4) is 17.2 Å². The van der Waals surface area contributed by atoms with Crippen LogP contribution in [0.2, 0.25) is 0 Å². The minimum atomic E-state index is -0.0516. The summed E-state index contributed by atoms with van der Waals surface area (Å²) in [5.41, 5.74) is 2.90. The summed E-state index contributed by atoms with van der Waals surface area (Å²) in [4.78, 5) is 12.2. The van der Waals surface area contributed by atoms with Crippen molar-refractivity contribution < 1.29 is 19.0 Å². The van der Waals surface area contributed by atoms with Gasteiger partial charge in [-0.3, -0.25) is 4.79 Å². The Morgan fingerprint density at radius 3 is 2.17 bits per heavy atom. The largest absolute Gasteiger partial charge is 0.496 e. The standard InChI is InChI=1S/C19H23NO4/c1-13-7-5-6-8-14(13)9-19(21)20-12-16-17(23-3)10-15(22-2)11-18(16)24-4/h5-8,10-11H,9,12H2,1-4H3,(H,20,21). The fourth-order valence-corrected chi connectivity index (χ4v) is 2.48. The van der Waals surface area contributed by atoms with E-state index in [2.05, 4.69) is 5.32 Å². The highest BCUT2D eigenvalue weighted by Gasteiger charge is 2.14. The molecule has 0 aliphatic heterocycles. The molecule has 0 spiro atoms. The Labute approximate surface area is 142 Å². The van der Waals surface area contributed by atoms with Crippen LogP contribution in [0.3, 0.4) is 0 Å². The van der Waals surface area contributed by atoms with E-state index < -0.39 is 0 Å². The van der Waals surface area contributed by atoms with E-state index in [1.807, 2.05) is 31.2 Å². The number of amides is 1. The van der Waals surface area contributed by atoms with Gasteiger partial charge < -0.3 is 19.5 Å². The molecule has 1 N–H and O–H groups in total. The predicted octanol–water partition coefficient (Wildman–Crippen LogP) is 2.88. The number of hydrogen-bond donors (Lipinski definition) is 1. The summed E-state index contributed by atoms with van der Waals surface area (Å²) in [6.45, 7) is 2.32. The highest BCUT2D eigenvalue weighted by atomic mass is 16.5. The first-order valence-electron chi connectivity index (χ1n) is 7.69. The number of benzene rings is 2. The highest BCUT2D eigenvalue weighted by molar-refractivity contribution is 5.79. The van der Waals surface area contributed by atoms with Crippen LogP contribution in [0.1, 0.15) is 16.7 Å². The molecule has 24 heavy (non-hydrogen) atoms. The van der Waals surface area contributed by atoms with Gasteiger partial charge in [0.25, 0.3) is 0 Å². The third kappa shape index (κ3) is 4.19. The molecule has 2 aromatic rings. The third-order valence-electron chi connectivity index (χ3n) is 3.89. The van der Waals surface area contributed by atoms with Crippen molar-refractivity contribution in [1.29, 1.82) is 0 Å². The predicted molar refractivity (Wildman–Crippen MR) is 92.8 cm³/mol. The van der Waals surface area contributed by atoms with E-state index in [4.69, 9.17) is 14.2 Å². The van der Waals surface area contributed by atoms with Gasteiger partial charge in [-0.2, -0.15) is 0 Å². The second kappa shape index (κ2) is 8.24. The minimum Gasteiger partial charge on any atom is -0.496 e. The maximum Gasteiger partial charge on any atom is 0.224 e. The lowest BCUT2D eigenvalue weighted by molar-refractivity contribution is -0.120. The number of nitrogens with one attached hydrogen (secondary N) is 1.